The molecule has 13 heteroatoms. The van der Waals surface area contributed by atoms with E-state index in [1.165, 1.54) is 4.31 Å². The summed E-state index contributed by atoms with van der Waals surface area (Å²) in [4.78, 5) is 27.9. The van der Waals surface area contributed by atoms with E-state index >= 15 is 0 Å². The highest BCUT2D eigenvalue weighted by atomic mass is 32.2. The second-order valence-electron chi connectivity index (χ2n) is 10.9. The van der Waals surface area contributed by atoms with Gasteiger partial charge in [-0.3, -0.25) is 9.79 Å². The maximum atomic E-state index is 12.9. The number of rotatable bonds is 10. The molecule has 42 heavy (non-hydrogen) atoms. The summed E-state index contributed by atoms with van der Waals surface area (Å²) in [6, 6.07) is 15.3. The number of alkyl halides is 3. The van der Waals surface area contributed by atoms with Gasteiger partial charge in [-0.15, -0.1) is 0 Å². The fraction of sp³-hybridized carbons (Fsp3) is 0.483. The molecule has 0 spiro atoms. The lowest BCUT2D eigenvalue weighted by Gasteiger charge is -2.21. The van der Waals surface area contributed by atoms with E-state index in [-0.39, 0.29) is 16.2 Å². The predicted molar refractivity (Wildman–Crippen MR) is 155 cm³/mol. The molecule has 1 amide bonds. The van der Waals surface area contributed by atoms with Gasteiger partial charge < -0.3 is 15.3 Å². The van der Waals surface area contributed by atoms with Gasteiger partial charge in [0.1, 0.15) is 5.84 Å². The number of aliphatic imine (C=N–C) groups is 1. The fourth-order valence-electron chi connectivity index (χ4n) is 3.91. The zero-order chi connectivity index (χ0) is 31.7. The number of amides is 1. The molecule has 0 unspecified atom stereocenters. The lowest BCUT2D eigenvalue weighted by molar-refractivity contribution is -0.192. The molecule has 0 aliphatic carbocycles. The minimum Gasteiger partial charge on any atom is -0.475 e. The summed E-state index contributed by atoms with van der Waals surface area (Å²) in [5, 5.41) is 10.4. The highest BCUT2D eigenvalue weighted by molar-refractivity contribution is 7.89. The first kappa shape index (κ1) is 34.7. The molecule has 2 N–H and O–H groups in total. The van der Waals surface area contributed by atoms with Crippen LogP contribution in [0, 0.1) is 0 Å². The van der Waals surface area contributed by atoms with E-state index in [4.69, 9.17) is 9.90 Å². The Kier molecular flexibility index (Phi) is 12.1. The molecule has 0 aromatic heterocycles. The first-order valence-electron chi connectivity index (χ1n) is 13.4. The quantitative estimate of drug-likeness (QED) is 0.418. The number of nitrogens with zero attached hydrogens (tertiary/aromatic N) is 3. The van der Waals surface area contributed by atoms with Gasteiger partial charge in [-0.1, -0.05) is 57.2 Å². The second-order valence-corrected chi connectivity index (χ2v) is 13.0. The average molecular weight is 613 g/mol. The van der Waals surface area contributed by atoms with Crippen LogP contribution in [0.3, 0.4) is 0 Å². The number of likely N-dealkylation sites (N-methyl/N-ethyl adjacent to an activating group) is 1. The average Bonchev–Trinajstić information content (AvgIpc) is 3.46. The van der Waals surface area contributed by atoms with Gasteiger partial charge in [-0.05, 0) is 41.5 Å². The van der Waals surface area contributed by atoms with Crippen LogP contribution in [-0.4, -0.2) is 86.9 Å². The standard InChI is InChI=1S/C27H38N4O3S.C2HF3O2/c1-27(2,3)23-12-14-24(15-13-23)35(33,34)31(5)19-6-7-25(32)30(4)20-16-21-8-10-22(11-9-21)26-28-17-18-29-26;3-2(4,5)1(6)7/h8-15H,6-7,16-20H2,1-5H3,(H,28,29);(H,6,7). The van der Waals surface area contributed by atoms with Crippen molar-refractivity contribution in [2.75, 3.05) is 40.3 Å². The number of carboxylic acids is 1. The fourth-order valence-corrected chi connectivity index (χ4v) is 5.12. The summed E-state index contributed by atoms with van der Waals surface area (Å²) in [5.74, 6) is -1.79. The number of halogens is 3. The molecule has 1 aliphatic rings. The smallest absolute Gasteiger partial charge is 0.475 e. The summed E-state index contributed by atoms with van der Waals surface area (Å²) in [6.45, 7) is 8.89. The van der Waals surface area contributed by atoms with E-state index in [9.17, 15) is 26.4 Å². The molecule has 9 nitrogen and oxygen atoms in total. The number of nitrogens with one attached hydrogen (secondary N) is 1. The first-order chi connectivity index (χ1) is 19.4. The van der Waals surface area contributed by atoms with Crippen LogP contribution in [0.2, 0.25) is 0 Å². The van der Waals surface area contributed by atoms with Gasteiger partial charge >= 0.3 is 12.1 Å². The molecule has 0 fully saturated rings. The van der Waals surface area contributed by atoms with E-state index in [0.717, 1.165) is 42.0 Å². The van der Waals surface area contributed by atoms with Gasteiger partial charge in [0.25, 0.3) is 0 Å². The monoisotopic (exact) mass is 612 g/mol. The van der Waals surface area contributed by atoms with E-state index in [0.29, 0.717) is 25.9 Å². The molecule has 0 radical (unpaired) electrons. The van der Waals surface area contributed by atoms with Gasteiger partial charge in [-0.2, -0.15) is 13.2 Å². The Morgan fingerprint density at radius 1 is 0.976 bits per heavy atom. The molecule has 0 saturated carbocycles. The lowest BCUT2D eigenvalue weighted by Crippen LogP contribution is -2.31. The molecule has 232 valence electrons. The Hall–Kier alpha value is -3.45. The third-order valence-corrected chi connectivity index (χ3v) is 8.47. The van der Waals surface area contributed by atoms with Crippen LogP contribution in [0.5, 0.6) is 0 Å². The van der Waals surface area contributed by atoms with Crippen molar-refractivity contribution in [3.8, 4) is 0 Å². The molecule has 1 heterocycles. The van der Waals surface area contributed by atoms with Crippen molar-refractivity contribution < 1.29 is 36.3 Å². The number of carbonyl (C=O) groups is 2. The van der Waals surface area contributed by atoms with Crippen molar-refractivity contribution in [1.82, 2.24) is 14.5 Å². The van der Waals surface area contributed by atoms with Crippen molar-refractivity contribution >= 4 is 27.7 Å². The van der Waals surface area contributed by atoms with Crippen LogP contribution in [0.1, 0.15) is 50.3 Å². The minimum absolute atomic E-state index is 0.0199. The number of hydrogen-bond acceptors (Lipinski definition) is 6. The number of carbonyl (C=O) groups excluding carboxylic acids is 1. The number of amidine groups is 1. The molecule has 0 bridgehead atoms. The van der Waals surface area contributed by atoms with E-state index < -0.39 is 22.2 Å². The Morgan fingerprint density at radius 2 is 1.55 bits per heavy atom. The lowest BCUT2D eigenvalue weighted by atomic mass is 9.87. The maximum absolute atomic E-state index is 12.9. The highest BCUT2D eigenvalue weighted by Gasteiger charge is 2.38. The van der Waals surface area contributed by atoms with Crippen molar-refractivity contribution in [1.29, 1.82) is 0 Å². The molecule has 3 rings (SSSR count). The summed E-state index contributed by atoms with van der Waals surface area (Å²) in [7, 11) is -0.216. The molecule has 0 saturated heterocycles. The van der Waals surface area contributed by atoms with E-state index in [1.54, 1.807) is 31.1 Å². The third kappa shape index (κ3) is 10.4. The van der Waals surface area contributed by atoms with Crippen LogP contribution in [0.15, 0.2) is 58.4 Å². The SMILES string of the molecule is CN(CCc1ccc(C2=NCCN2)cc1)C(=O)CCCN(C)S(=O)(=O)c1ccc(C(C)(C)C)cc1.O=C(O)C(F)(F)F. The Labute approximate surface area is 245 Å². The summed E-state index contributed by atoms with van der Waals surface area (Å²) >= 11 is 0. The number of hydrogen-bond donors (Lipinski definition) is 2. The molecule has 1 aliphatic heterocycles. The van der Waals surface area contributed by atoms with Gasteiger partial charge in [0.15, 0.2) is 0 Å². The van der Waals surface area contributed by atoms with Crippen molar-refractivity contribution in [3.63, 3.8) is 0 Å². The maximum Gasteiger partial charge on any atom is 0.490 e. The van der Waals surface area contributed by atoms with Crippen molar-refractivity contribution in [3.05, 3.63) is 65.2 Å². The Bertz CT molecular complexity index is 1340. The largest absolute Gasteiger partial charge is 0.490 e. The molecule has 2 aromatic rings. The number of sulfonamides is 1. The summed E-state index contributed by atoms with van der Waals surface area (Å²) < 4.78 is 58.8. The van der Waals surface area contributed by atoms with Crippen LogP contribution >= 0.6 is 0 Å². The van der Waals surface area contributed by atoms with Crippen LogP contribution < -0.4 is 5.32 Å². The van der Waals surface area contributed by atoms with Gasteiger partial charge in [0.05, 0.1) is 11.4 Å². The van der Waals surface area contributed by atoms with Gasteiger partial charge in [0, 0.05) is 45.7 Å². The number of aliphatic carboxylic acids is 1. The first-order valence-corrected chi connectivity index (χ1v) is 14.9. The zero-order valence-corrected chi connectivity index (χ0v) is 25.3. The third-order valence-electron chi connectivity index (χ3n) is 6.60. The Balaban J connectivity index is 0.000000782. The number of carboxylic acid groups (broad SMARTS) is 1. The summed E-state index contributed by atoms with van der Waals surface area (Å²) in [6.07, 6.45) is -3.53. The molecule has 2 aromatic carbocycles. The Morgan fingerprint density at radius 3 is 2.02 bits per heavy atom. The summed E-state index contributed by atoms with van der Waals surface area (Å²) in [5.41, 5.74) is 3.30. The van der Waals surface area contributed by atoms with Crippen LogP contribution in [-0.2, 0) is 31.4 Å². The second kappa shape index (κ2) is 14.6. The highest BCUT2D eigenvalue weighted by Crippen LogP contribution is 2.24. The number of benzene rings is 2. The topological polar surface area (TPSA) is 119 Å². The van der Waals surface area contributed by atoms with E-state index in [1.807, 2.05) is 12.1 Å². The predicted octanol–water partition coefficient (Wildman–Crippen LogP) is 4.07. The van der Waals surface area contributed by atoms with Gasteiger partial charge in [-0.25, -0.2) is 17.5 Å². The minimum atomic E-state index is -5.08. The molecular formula is C29H39F3N4O5S. The van der Waals surface area contributed by atoms with Crippen molar-refractivity contribution in [2.45, 2.75) is 56.5 Å². The molecular weight excluding hydrogens is 573 g/mol. The van der Waals surface area contributed by atoms with E-state index in [2.05, 4.69) is 55.3 Å². The normalized spacial score (nSPS) is 13.6. The van der Waals surface area contributed by atoms with Gasteiger partial charge in [0.2, 0.25) is 15.9 Å². The van der Waals surface area contributed by atoms with Crippen molar-refractivity contribution in [2.24, 2.45) is 4.99 Å². The van der Waals surface area contributed by atoms with Crippen LogP contribution in [0.25, 0.3) is 0 Å². The zero-order valence-electron chi connectivity index (χ0n) is 24.5. The molecule has 0 atom stereocenters. The van der Waals surface area contributed by atoms with Crippen LogP contribution in [0.4, 0.5) is 13.2 Å².